The van der Waals surface area contributed by atoms with Crippen molar-refractivity contribution in [2.45, 2.75) is 24.2 Å². The van der Waals surface area contributed by atoms with E-state index in [0.717, 1.165) is 21.2 Å². The van der Waals surface area contributed by atoms with Crippen LogP contribution >= 0.6 is 22.6 Å². The molecule has 0 fully saturated rings. The van der Waals surface area contributed by atoms with E-state index in [-0.39, 0.29) is 0 Å². The Balaban J connectivity index is 3.29. The van der Waals surface area contributed by atoms with E-state index in [2.05, 4.69) is 47.5 Å². The number of nitriles is 1. The van der Waals surface area contributed by atoms with Crippen LogP contribution < -0.4 is 0 Å². The molecule has 1 heterocycles. The lowest BCUT2D eigenvalue weighted by Gasteiger charge is -2.08. The molecule has 0 amide bonds. The van der Waals surface area contributed by atoms with Gasteiger partial charge in [0.05, 0.1) is 11.3 Å². The zero-order valence-electron chi connectivity index (χ0n) is 7.71. The zero-order chi connectivity index (χ0) is 9.84. The van der Waals surface area contributed by atoms with Crippen LogP contribution in [0, 0.1) is 11.3 Å². The van der Waals surface area contributed by atoms with E-state index >= 15 is 0 Å². The number of rotatable bonds is 2. The normalized spacial score (nSPS) is 10.1. The number of alkyl halides is 1. The van der Waals surface area contributed by atoms with Crippen molar-refractivity contribution in [3.8, 4) is 6.07 Å². The van der Waals surface area contributed by atoms with Gasteiger partial charge in [-0.05, 0) is 17.5 Å². The summed E-state index contributed by atoms with van der Waals surface area (Å²) in [7, 11) is 0. The third-order valence-electron chi connectivity index (χ3n) is 1.87. The molecule has 0 saturated carbocycles. The van der Waals surface area contributed by atoms with Crippen molar-refractivity contribution in [2.75, 3.05) is 0 Å². The van der Waals surface area contributed by atoms with Crippen molar-refractivity contribution in [1.82, 2.24) is 4.98 Å². The van der Waals surface area contributed by atoms with Gasteiger partial charge in [-0.3, -0.25) is 4.98 Å². The summed E-state index contributed by atoms with van der Waals surface area (Å²) in [6, 6.07) is 4.14. The fourth-order valence-corrected chi connectivity index (χ4v) is 1.83. The Hall–Kier alpha value is -0.630. The number of pyridine rings is 1. The smallest absolute Gasteiger partial charge is 0.101 e. The van der Waals surface area contributed by atoms with Gasteiger partial charge in [0, 0.05) is 10.6 Å². The van der Waals surface area contributed by atoms with Gasteiger partial charge in [0.25, 0.3) is 0 Å². The molecular weight excluding hydrogens is 275 g/mol. The zero-order valence-corrected chi connectivity index (χ0v) is 9.87. The molecule has 13 heavy (non-hydrogen) atoms. The maximum Gasteiger partial charge on any atom is 0.101 e. The Morgan fingerprint density at radius 2 is 2.31 bits per heavy atom. The molecule has 0 aliphatic heterocycles. The van der Waals surface area contributed by atoms with Crippen LogP contribution in [0.25, 0.3) is 0 Å². The summed E-state index contributed by atoms with van der Waals surface area (Å²) in [5.41, 5.74) is 2.75. The van der Waals surface area contributed by atoms with Gasteiger partial charge in [-0.25, -0.2) is 0 Å². The van der Waals surface area contributed by atoms with E-state index in [4.69, 9.17) is 5.26 Å². The molecule has 0 atom stereocenters. The summed E-state index contributed by atoms with van der Waals surface area (Å²) in [5, 5.41) is 8.99. The van der Waals surface area contributed by atoms with Gasteiger partial charge in [0.2, 0.25) is 0 Å². The molecule has 0 saturated heterocycles. The van der Waals surface area contributed by atoms with Crippen molar-refractivity contribution >= 4 is 22.6 Å². The number of aromatic nitrogens is 1. The summed E-state index contributed by atoms with van der Waals surface area (Å²) in [6.07, 6.45) is 1.78. The minimum atomic E-state index is 0.317. The lowest BCUT2D eigenvalue weighted by atomic mass is 10.0. The monoisotopic (exact) mass is 286 g/mol. The molecule has 0 bridgehead atoms. The van der Waals surface area contributed by atoms with Gasteiger partial charge >= 0.3 is 0 Å². The van der Waals surface area contributed by atoms with E-state index in [1.807, 2.05) is 6.07 Å². The molecule has 0 N–H and O–H groups in total. The van der Waals surface area contributed by atoms with E-state index < -0.39 is 0 Å². The second-order valence-corrected chi connectivity index (χ2v) is 3.89. The van der Waals surface area contributed by atoms with Gasteiger partial charge < -0.3 is 0 Å². The number of nitrogens with zero attached hydrogens (tertiary/aromatic N) is 2. The Morgan fingerprint density at radius 1 is 1.62 bits per heavy atom. The first-order valence-electron chi connectivity index (χ1n) is 4.14. The standard InChI is InChI=1S/C10H11IN2/c1-7(2)10-9(6-12)8(5-11)3-4-13-10/h3-4,7H,5H2,1-2H3. The highest BCUT2D eigenvalue weighted by Crippen LogP contribution is 2.20. The molecule has 0 aliphatic carbocycles. The Morgan fingerprint density at radius 3 is 2.77 bits per heavy atom. The van der Waals surface area contributed by atoms with Gasteiger partial charge in [0.15, 0.2) is 0 Å². The Kier molecular flexibility index (Phi) is 3.67. The minimum Gasteiger partial charge on any atom is -0.260 e. The van der Waals surface area contributed by atoms with Gasteiger partial charge in [-0.2, -0.15) is 5.26 Å². The minimum absolute atomic E-state index is 0.317. The largest absolute Gasteiger partial charge is 0.260 e. The highest BCUT2D eigenvalue weighted by Gasteiger charge is 2.10. The van der Waals surface area contributed by atoms with E-state index in [1.165, 1.54) is 0 Å². The lowest BCUT2D eigenvalue weighted by Crippen LogP contribution is -2.00. The second kappa shape index (κ2) is 4.56. The molecule has 0 spiro atoms. The molecule has 0 aliphatic rings. The predicted octanol–water partition coefficient (Wildman–Crippen LogP) is 3.01. The van der Waals surface area contributed by atoms with Crippen LogP contribution in [0.3, 0.4) is 0 Å². The molecule has 0 aromatic carbocycles. The van der Waals surface area contributed by atoms with Crippen LogP contribution in [0.5, 0.6) is 0 Å². The highest BCUT2D eigenvalue weighted by molar-refractivity contribution is 14.1. The van der Waals surface area contributed by atoms with Crippen LogP contribution in [-0.2, 0) is 4.43 Å². The van der Waals surface area contributed by atoms with Crippen molar-refractivity contribution in [3.05, 3.63) is 29.1 Å². The number of halogens is 1. The fourth-order valence-electron chi connectivity index (χ4n) is 1.20. The SMILES string of the molecule is CC(C)c1nccc(CI)c1C#N. The molecule has 1 rings (SSSR count). The van der Waals surface area contributed by atoms with Gasteiger partial charge in [-0.1, -0.05) is 36.4 Å². The fraction of sp³-hybridized carbons (Fsp3) is 0.400. The van der Waals surface area contributed by atoms with Crippen molar-refractivity contribution in [3.63, 3.8) is 0 Å². The Bertz CT molecular complexity index is 339. The maximum absolute atomic E-state index is 8.99. The maximum atomic E-state index is 8.99. The first-order valence-corrected chi connectivity index (χ1v) is 5.67. The van der Waals surface area contributed by atoms with E-state index in [1.54, 1.807) is 6.20 Å². The van der Waals surface area contributed by atoms with E-state index in [0.29, 0.717) is 5.92 Å². The topological polar surface area (TPSA) is 36.7 Å². The average molecular weight is 286 g/mol. The van der Waals surface area contributed by atoms with Crippen molar-refractivity contribution in [1.29, 1.82) is 5.26 Å². The summed E-state index contributed by atoms with van der Waals surface area (Å²) in [5.74, 6) is 0.317. The lowest BCUT2D eigenvalue weighted by molar-refractivity contribution is 0.815. The molecule has 0 unspecified atom stereocenters. The molecule has 2 nitrogen and oxygen atoms in total. The van der Waals surface area contributed by atoms with Crippen molar-refractivity contribution < 1.29 is 0 Å². The molecule has 68 valence electrons. The van der Waals surface area contributed by atoms with Crippen LogP contribution in [0.1, 0.15) is 36.6 Å². The molecular formula is C10H11IN2. The summed E-state index contributed by atoms with van der Waals surface area (Å²) in [6.45, 7) is 4.11. The number of hydrogen-bond donors (Lipinski definition) is 0. The molecule has 0 radical (unpaired) electrons. The van der Waals surface area contributed by atoms with Crippen LogP contribution in [0.4, 0.5) is 0 Å². The average Bonchev–Trinajstić information content (AvgIpc) is 2.16. The van der Waals surface area contributed by atoms with Gasteiger partial charge in [-0.15, -0.1) is 0 Å². The Labute approximate surface area is 92.1 Å². The first-order chi connectivity index (χ1) is 6.20. The quantitative estimate of drug-likeness (QED) is 0.619. The third-order valence-corrected chi connectivity index (χ3v) is 2.69. The number of hydrogen-bond acceptors (Lipinski definition) is 2. The molecule has 3 heteroatoms. The molecule has 1 aromatic heterocycles. The summed E-state index contributed by atoms with van der Waals surface area (Å²) in [4.78, 5) is 4.23. The van der Waals surface area contributed by atoms with Crippen LogP contribution in [-0.4, -0.2) is 4.98 Å². The molecule has 1 aromatic rings. The highest BCUT2D eigenvalue weighted by atomic mass is 127. The second-order valence-electron chi connectivity index (χ2n) is 3.13. The van der Waals surface area contributed by atoms with Crippen LogP contribution in [0.2, 0.25) is 0 Å². The van der Waals surface area contributed by atoms with Crippen molar-refractivity contribution in [2.24, 2.45) is 0 Å². The third kappa shape index (κ3) is 2.19. The first kappa shape index (κ1) is 10.5. The summed E-state index contributed by atoms with van der Waals surface area (Å²) >= 11 is 2.26. The summed E-state index contributed by atoms with van der Waals surface area (Å²) < 4.78 is 0.864. The van der Waals surface area contributed by atoms with Crippen LogP contribution in [0.15, 0.2) is 12.3 Å². The predicted molar refractivity (Wildman–Crippen MR) is 60.8 cm³/mol. The van der Waals surface area contributed by atoms with Gasteiger partial charge in [0.1, 0.15) is 6.07 Å². The van der Waals surface area contributed by atoms with E-state index in [9.17, 15) is 0 Å².